The number of aromatic amines is 1. The van der Waals surface area contributed by atoms with Crippen molar-refractivity contribution in [1.82, 2.24) is 15.5 Å². The van der Waals surface area contributed by atoms with E-state index in [4.69, 9.17) is 10.5 Å². The van der Waals surface area contributed by atoms with Gasteiger partial charge in [0.2, 0.25) is 0 Å². The topological polar surface area (TPSA) is 113 Å². The van der Waals surface area contributed by atoms with Crippen LogP contribution in [0, 0.1) is 0 Å². The molecule has 0 saturated heterocycles. The molecule has 0 aromatic carbocycles. The minimum Gasteiger partial charge on any atom is -0.389 e. The number of H-pyrrole nitrogens is 1. The molecule has 5 N–H and O–H groups in total. The molecule has 1 heterocycles. The Morgan fingerprint density at radius 2 is 2.60 bits per heavy atom. The zero-order valence-electron chi connectivity index (χ0n) is 8.36. The summed E-state index contributed by atoms with van der Waals surface area (Å²) in [5, 5.41) is 17.8. The molecule has 0 aliphatic rings. The Bertz CT molecular complexity index is 325. The molecule has 7 nitrogen and oxygen atoms in total. The molecule has 1 atom stereocenters. The standard InChI is InChI=1S/C8H14N4O3/c1-15-4-5(13)3-10-8(14)6-2-7(9)12-11-6/h2,5,13H,3-4H2,1H3,(H,10,14)(H3,9,11,12). The van der Waals surface area contributed by atoms with E-state index in [1.165, 1.54) is 13.2 Å². The summed E-state index contributed by atoms with van der Waals surface area (Å²) in [6, 6.07) is 1.41. The number of nitrogens with one attached hydrogen (secondary N) is 2. The lowest BCUT2D eigenvalue weighted by Crippen LogP contribution is -2.34. The van der Waals surface area contributed by atoms with Gasteiger partial charge in [-0.1, -0.05) is 0 Å². The molecule has 1 aromatic heterocycles. The number of methoxy groups -OCH3 is 1. The van der Waals surface area contributed by atoms with Gasteiger partial charge in [0.1, 0.15) is 11.5 Å². The van der Waals surface area contributed by atoms with E-state index < -0.39 is 6.10 Å². The zero-order chi connectivity index (χ0) is 11.3. The smallest absolute Gasteiger partial charge is 0.269 e. The highest BCUT2D eigenvalue weighted by Crippen LogP contribution is 1.99. The number of ether oxygens (including phenoxy) is 1. The SMILES string of the molecule is COCC(O)CNC(=O)c1cc(N)n[nH]1. The van der Waals surface area contributed by atoms with E-state index in [1.807, 2.05) is 0 Å². The molecular formula is C8H14N4O3. The van der Waals surface area contributed by atoms with Crippen LogP contribution < -0.4 is 11.1 Å². The Balaban J connectivity index is 2.36. The fraction of sp³-hybridized carbons (Fsp3) is 0.500. The summed E-state index contributed by atoms with van der Waals surface area (Å²) in [6.45, 7) is 0.289. The van der Waals surface area contributed by atoms with Gasteiger partial charge in [-0.2, -0.15) is 5.10 Å². The highest BCUT2D eigenvalue weighted by molar-refractivity contribution is 5.92. The fourth-order valence-electron chi connectivity index (χ4n) is 1.01. The molecule has 1 unspecified atom stereocenters. The van der Waals surface area contributed by atoms with E-state index in [0.29, 0.717) is 0 Å². The second kappa shape index (κ2) is 5.32. The van der Waals surface area contributed by atoms with Crippen molar-refractivity contribution in [3.63, 3.8) is 0 Å². The van der Waals surface area contributed by atoms with Crippen molar-refractivity contribution in [1.29, 1.82) is 0 Å². The van der Waals surface area contributed by atoms with Gasteiger partial charge in [-0.15, -0.1) is 0 Å². The predicted octanol–water partition coefficient (Wildman–Crippen LogP) is -1.27. The van der Waals surface area contributed by atoms with E-state index in [9.17, 15) is 9.90 Å². The van der Waals surface area contributed by atoms with Crippen molar-refractivity contribution in [3.8, 4) is 0 Å². The summed E-state index contributed by atoms with van der Waals surface area (Å²) < 4.78 is 4.70. The number of aromatic nitrogens is 2. The highest BCUT2D eigenvalue weighted by Gasteiger charge is 2.10. The lowest BCUT2D eigenvalue weighted by Gasteiger charge is -2.09. The van der Waals surface area contributed by atoms with Crippen molar-refractivity contribution in [2.75, 3.05) is 26.0 Å². The molecule has 0 aliphatic heterocycles. The number of anilines is 1. The molecule has 0 radical (unpaired) electrons. The first-order chi connectivity index (χ1) is 7.13. The van der Waals surface area contributed by atoms with Gasteiger partial charge in [-0.05, 0) is 0 Å². The number of aliphatic hydroxyl groups excluding tert-OH is 1. The minimum absolute atomic E-state index is 0.117. The van der Waals surface area contributed by atoms with Crippen LogP contribution in [0.4, 0.5) is 5.82 Å². The van der Waals surface area contributed by atoms with E-state index in [-0.39, 0.29) is 30.6 Å². The van der Waals surface area contributed by atoms with E-state index in [2.05, 4.69) is 15.5 Å². The number of amides is 1. The molecular weight excluding hydrogens is 200 g/mol. The first kappa shape index (κ1) is 11.5. The van der Waals surface area contributed by atoms with Crippen LogP contribution in [-0.4, -0.2) is 47.6 Å². The number of hydrogen-bond acceptors (Lipinski definition) is 5. The van der Waals surface area contributed by atoms with Crippen LogP contribution in [0.3, 0.4) is 0 Å². The fourth-order valence-corrected chi connectivity index (χ4v) is 1.01. The maximum absolute atomic E-state index is 11.4. The number of hydrogen-bond donors (Lipinski definition) is 4. The molecule has 7 heteroatoms. The van der Waals surface area contributed by atoms with Crippen LogP contribution >= 0.6 is 0 Å². The Morgan fingerprint density at radius 3 is 3.13 bits per heavy atom. The molecule has 1 rings (SSSR count). The van der Waals surface area contributed by atoms with E-state index in [0.717, 1.165) is 0 Å². The summed E-state index contributed by atoms with van der Waals surface area (Å²) in [4.78, 5) is 11.4. The van der Waals surface area contributed by atoms with E-state index in [1.54, 1.807) is 0 Å². The molecule has 0 saturated carbocycles. The predicted molar refractivity (Wildman–Crippen MR) is 53.2 cm³/mol. The number of carbonyl (C=O) groups is 1. The second-order valence-corrected chi connectivity index (χ2v) is 3.03. The zero-order valence-corrected chi connectivity index (χ0v) is 8.36. The van der Waals surface area contributed by atoms with Gasteiger partial charge in [-0.25, -0.2) is 0 Å². The lowest BCUT2D eigenvalue weighted by atomic mass is 10.3. The van der Waals surface area contributed by atoms with Crippen LogP contribution in [0.5, 0.6) is 0 Å². The van der Waals surface area contributed by atoms with Crippen LogP contribution in [0.25, 0.3) is 0 Å². The van der Waals surface area contributed by atoms with Gasteiger partial charge in [0.15, 0.2) is 0 Å². The average Bonchev–Trinajstić information content (AvgIpc) is 2.62. The molecule has 1 aromatic rings. The quantitative estimate of drug-likeness (QED) is 0.488. The monoisotopic (exact) mass is 214 g/mol. The van der Waals surface area contributed by atoms with Crippen LogP contribution in [0.1, 0.15) is 10.5 Å². The normalized spacial score (nSPS) is 12.4. The van der Waals surface area contributed by atoms with Gasteiger partial charge < -0.3 is 20.9 Å². The molecule has 84 valence electrons. The Morgan fingerprint density at radius 1 is 1.87 bits per heavy atom. The first-order valence-corrected chi connectivity index (χ1v) is 4.39. The summed E-state index contributed by atoms with van der Waals surface area (Å²) in [5.74, 6) is -0.119. The van der Waals surface area contributed by atoms with Gasteiger partial charge in [0.05, 0.1) is 12.7 Å². The highest BCUT2D eigenvalue weighted by atomic mass is 16.5. The van der Waals surface area contributed by atoms with Crippen molar-refractivity contribution in [3.05, 3.63) is 11.8 Å². The van der Waals surface area contributed by atoms with Crippen LogP contribution in [0.2, 0.25) is 0 Å². The van der Waals surface area contributed by atoms with Crippen LogP contribution in [0.15, 0.2) is 6.07 Å². The van der Waals surface area contributed by atoms with Crippen LogP contribution in [-0.2, 0) is 4.74 Å². The summed E-state index contributed by atoms with van der Waals surface area (Å²) >= 11 is 0. The largest absolute Gasteiger partial charge is 0.389 e. The number of nitrogens with zero attached hydrogens (tertiary/aromatic N) is 1. The second-order valence-electron chi connectivity index (χ2n) is 3.03. The maximum Gasteiger partial charge on any atom is 0.269 e. The maximum atomic E-state index is 11.4. The number of carbonyl (C=O) groups excluding carboxylic acids is 1. The first-order valence-electron chi connectivity index (χ1n) is 4.39. The van der Waals surface area contributed by atoms with Crippen molar-refractivity contribution < 1.29 is 14.6 Å². The summed E-state index contributed by atoms with van der Waals surface area (Å²) in [7, 11) is 1.47. The molecule has 1 amide bonds. The van der Waals surface area contributed by atoms with Crippen molar-refractivity contribution in [2.45, 2.75) is 6.10 Å². The summed E-state index contributed by atoms with van der Waals surface area (Å²) in [6.07, 6.45) is -0.723. The number of rotatable bonds is 5. The summed E-state index contributed by atoms with van der Waals surface area (Å²) in [5.41, 5.74) is 5.59. The van der Waals surface area contributed by atoms with Crippen molar-refractivity contribution in [2.24, 2.45) is 0 Å². The Labute approximate surface area is 86.6 Å². The molecule has 0 fully saturated rings. The molecule has 0 spiro atoms. The number of nitrogen functional groups attached to an aromatic ring is 1. The van der Waals surface area contributed by atoms with Gasteiger partial charge in [0.25, 0.3) is 5.91 Å². The van der Waals surface area contributed by atoms with Gasteiger partial charge in [-0.3, -0.25) is 9.89 Å². The third-order valence-corrected chi connectivity index (χ3v) is 1.70. The average molecular weight is 214 g/mol. The third kappa shape index (κ3) is 3.56. The molecule has 0 bridgehead atoms. The Hall–Kier alpha value is -1.60. The van der Waals surface area contributed by atoms with Gasteiger partial charge >= 0.3 is 0 Å². The Kier molecular flexibility index (Phi) is 4.07. The number of aliphatic hydroxyl groups is 1. The van der Waals surface area contributed by atoms with Gasteiger partial charge in [0, 0.05) is 19.7 Å². The molecule has 0 aliphatic carbocycles. The minimum atomic E-state index is -0.723. The molecule has 15 heavy (non-hydrogen) atoms. The van der Waals surface area contributed by atoms with E-state index >= 15 is 0 Å². The lowest BCUT2D eigenvalue weighted by molar-refractivity contribution is 0.0608. The van der Waals surface area contributed by atoms with Crippen molar-refractivity contribution >= 4 is 11.7 Å². The third-order valence-electron chi connectivity index (χ3n) is 1.70. The number of nitrogens with two attached hydrogens (primary N) is 1.